The lowest BCUT2D eigenvalue weighted by atomic mass is 10.1. The van der Waals surface area contributed by atoms with E-state index in [0.717, 1.165) is 32.4 Å². The van der Waals surface area contributed by atoms with Gasteiger partial charge in [-0.3, -0.25) is 0 Å². The average Bonchev–Trinajstić information content (AvgIpc) is 3.23. The van der Waals surface area contributed by atoms with Crippen LogP contribution >= 0.6 is 11.3 Å². The number of ether oxygens (including phenoxy) is 2. The van der Waals surface area contributed by atoms with Crippen LogP contribution in [0.4, 0.5) is 5.13 Å². The Hall–Kier alpha value is -3.16. The van der Waals surface area contributed by atoms with Crippen LogP contribution in [0.25, 0.3) is 10.3 Å². The van der Waals surface area contributed by atoms with Gasteiger partial charge in [0, 0.05) is 25.8 Å². The molecule has 0 saturated carbocycles. The number of thiazole rings is 1. The van der Waals surface area contributed by atoms with Gasteiger partial charge in [-0.05, 0) is 47.9 Å². The second-order valence-corrected chi connectivity index (χ2v) is 8.19. The van der Waals surface area contributed by atoms with E-state index in [9.17, 15) is 0 Å². The molecule has 4 aromatic rings. The summed E-state index contributed by atoms with van der Waals surface area (Å²) in [5.74, 6) is 1.44. The van der Waals surface area contributed by atoms with Crippen molar-refractivity contribution in [2.45, 2.75) is 20.1 Å². The number of anilines is 1. The summed E-state index contributed by atoms with van der Waals surface area (Å²) in [7, 11) is 1.66. The van der Waals surface area contributed by atoms with E-state index in [-0.39, 0.29) is 0 Å². The number of benzene rings is 2. The van der Waals surface area contributed by atoms with Gasteiger partial charge in [0.25, 0.3) is 0 Å². The quantitative estimate of drug-likeness (QED) is 0.417. The van der Waals surface area contributed by atoms with Gasteiger partial charge in [0.2, 0.25) is 0 Å². The van der Waals surface area contributed by atoms with Crippen LogP contribution in [-0.2, 0) is 13.2 Å². The zero-order valence-corrected chi connectivity index (χ0v) is 18.6. The number of rotatable bonds is 9. The minimum Gasteiger partial charge on any atom is -0.493 e. The number of nitrogens with zero attached hydrogens (tertiary/aromatic N) is 3. The maximum atomic E-state index is 6.05. The third-order valence-corrected chi connectivity index (χ3v) is 6.11. The molecule has 0 radical (unpaired) electrons. The number of methoxy groups -OCH3 is 1. The van der Waals surface area contributed by atoms with Crippen LogP contribution in [0.5, 0.6) is 11.5 Å². The Morgan fingerprint density at radius 1 is 1.06 bits per heavy atom. The molecule has 2 heterocycles. The van der Waals surface area contributed by atoms with Crippen LogP contribution < -0.4 is 20.1 Å². The lowest BCUT2D eigenvalue weighted by molar-refractivity contribution is 0.283. The van der Waals surface area contributed by atoms with Crippen molar-refractivity contribution < 1.29 is 9.47 Å². The summed E-state index contributed by atoms with van der Waals surface area (Å²) in [4.78, 5) is 12.2. The van der Waals surface area contributed by atoms with E-state index in [2.05, 4.69) is 35.0 Å². The lowest BCUT2D eigenvalue weighted by Gasteiger charge is -2.22. The fourth-order valence-corrected chi connectivity index (χ4v) is 4.30. The van der Waals surface area contributed by atoms with Crippen molar-refractivity contribution >= 4 is 26.8 Å². The van der Waals surface area contributed by atoms with Crippen molar-refractivity contribution in [1.29, 1.82) is 0 Å². The van der Waals surface area contributed by atoms with Gasteiger partial charge in [0.05, 0.1) is 7.11 Å². The van der Waals surface area contributed by atoms with Gasteiger partial charge in [-0.15, -0.1) is 0 Å². The molecule has 31 heavy (non-hydrogen) atoms. The van der Waals surface area contributed by atoms with Gasteiger partial charge in [0.15, 0.2) is 16.6 Å². The Kier molecular flexibility index (Phi) is 6.64. The number of pyridine rings is 1. The van der Waals surface area contributed by atoms with Crippen molar-refractivity contribution in [3.63, 3.8) is 0 Å². The van der Waals surface area contributed by atoms with Crippen LogP contribution in [0, 0.1) is 6.92 Å². The molecule has 0 amide bonds. The number of hydrogen-bond donors (Lipinski definition) is 1. The molecule has 4 rings (SSSR count). The molecule has 0 spiro atoms. The first-order valence-electron chi connectivity index (χ1n) is 10.2. The number of fused-ring (bicyclic) bond motifs is 1. The molecule has 0 unspecified atom stereocenters. The Morgan fingerprint density at radius 2 is 1.94 bits per heavy atom. The number of aromatic nitrogens is 2. The molecule has 160 valence electrons. The molecule has 2 N–H and O–H groups in total. The summed E-state index contributed by atoms with van der Waals surface area (Å²) in [6.45, 7) is 4.50. The Morgan fingerprint density at radius 3 is 2.71 bits per heavy atom. The predicted octanol–water partition coefficient (Wildman–Crippen LogP) is 4.55. The summed E-state index contributed by atoms with van der Waals surface area (Å²) < 4.78 is 11.7. The van der Waals surface area contributed by atoms with Crippen LogP contribution in [0.15, 0.2) is 60.8 Å². The van der Waals surface area contributed by atoms with Gasteiger partial charge in [-0.1, -0.05) is 41.7 Å². The highest BCUT2D eigenvalue weighted by molar-refractivity contribution is 7.21. The fourth-order valence-electron chi connectivity index (χ4n) is 3.37. The highest BCUT2D eigenvalue weighted by atomic mass is 32.1. The first kappa shape index (κ1) is 21.1. The molecule has 2 aromatic carbocycles. The highest BCUT2D eigenvalue weighted by Gasteiger charge is 2.15. The minimum absolute atomic E-state index is 0.500. The lowest BCUT2D eigenvalue weighted by Crippen LogP contribution is -2.28. The van der Waals surface area contributed by atoms with E-state index >= 15 is 0 Å². The van der Waals surface area contributed by atoms with Gasteiger partial charge < -0.3 is 20.1 Å². The normalized spacial score (nSPS) is 10.9. The molecule has 0 saturated heterocycles. The molecule has 0 aliphatic carbocycles. The molecule has 7 heteroatoms. The van der Waals surface area contributed by atoms with Crippen LogP contribution in [0.3, 0.4) is 0 Å². The predicted molar refractivity (Wildman–Crippen MR) is 126 cm³/mol. The maximum Gasteiger partial charge on any atom is 0.188 e. The summed E-state index contributed by atoms with van der Waals surface area (Å²) in [5.41, 5.74) is 10.2. The van der Waals surface area contributed by atoms with E-state index < -0.39 is 0 Å². The summed E-state index contributed by atoms with van der Waals surface area (Å²) >= 11 is 1.58. The molecule has 0 fully saturated rings. The van der Waals surface area contributed by atoms with Crippen molar-refractivity contribution in [1.82, 2.24) is 9.97 Å². The first-order chi connectivity index (χ1) is 15.2. The summed E-state index contributed by atoms with van der Waals surface area (Å²) in [6.07, 6.45) is 1.79. The maximum absolute atomic E-state index is 6.05. The highest BCUT2D eigenvalue weighted by Crippen LogP contribution is 2.32. The number of aryl methyl sites for hydroxylation is 1. The summed E-state index contributed by atoms with van der Waals surface area (Å²) in [6, 6.07) is 18.1. The molecule has 0 bridgehead atoms. The van der Waals surface area contributed by atoms with Crippen LogP contribution in [-0.4, -0.2) is 30.2 Å². The Bertz CT molecular complexity index is 1130. The molecule has 0 atom stereocenters. The summed E-state index contributed by atoms with van der Waals surface area (Å²) in [5, 5.41) is 0.915. The zero-order valence-electron chi connectivity index (χ0n) is 17.7. The van der Waals surface area contributed by atoms with Gasteiger partial charge in [-0.2, -0.15) is 0 Å². The fraction of sp³-hybridized carbons (Fsp3) is 0.250. The van der Waals surface area contributed by atoms with E-state index in [4.69, 9.17) is 20.2 Å². The van der Waals surface area contributed by atoms with Crippen LogP contribution in [0.2, 0.25) is 0 Å². The second-order valence-electron chi connectivity index (χ2n) is 7.23. The van der Waals surface area contributed by atoms with Gasteiger partial charge in [-0.25, -0.2) is 9.97 Å². The molecule has 0 aliphatic rings. The minimum atomic E-state index is 0.500. The standard InChI is InChI=1S/C24H26N4O2S/c1-17-6-3-4-7-19(17)16-30-21-10-9-18(14-22(21)29-2)15-28(13-11-25)24-27-20-8-5-12-26-23(20)31-24/h3-10,12,14H,11,13,15-16,25H2,1-2H3. The first-order valence-corrected chi connectivity index (χ1v) is 11.0. The van der Waals surface area contributed by atoms with E-state index in [1.54, 1.807) is 24.6 Å². The average molecular weight is 435 g/mol. The largest absolute Gasteiger partial charge is 0.493 e. The number of hydrogen-bond acceptors (Lipinski definition) is 7. The van der Waals surface area contributed by atoms with E-state index in [0.29, 0.717) is 32.0 Å². The van der Waals surface area contributed by atoms with Gasteiger partial charge >= 0.3 is 0 Å². The topological polar surface area (TPSA) is 73.5 Å². The van der Waals surface area contributed by atoms with Crippen molar-refractivity contribution in [3.05, 3.63) is 77.5 Å². The smallest absolute Gasteiger partial charge is 0.188 e. The van der Waals surface area contributed by atoms with Crippen molar-refractivity contribution in [2.24, 2.45) is 5.73 Å². The SMILES string of the molecule is COc1cc(CN(CCN)c2nc3cccnc3s2)ccc1OCc1ccccc1C. The monoisotopic (exact) mass is 434 g/mol. The Balaban J connectivity index is 1.52. The van der Waals surface area contributed by atoms with Crippen molar-refractivity contribution in [2.75, 3.05) is 25.1 Å². The third kappa shape index (κ3) is 4.95. The number of nitrogens with two attached hydrogens (primary N) is 1. The van der Waals surface area contributed by atoms with E-state index in [1.165, 1.54) is 5.56 Å². The Labute approximate surface area is 186 Å². The third-order valence-electron chi connectivity index (χ3n) is 5.07. The molecular weight excluding hydrogens is 408 g/mol. The van der Waals surface area contributed by atoms with Crippen molar-refractivity contribution in [3.8, 4) is 11.5 Å². The molecule has 6 nitrogen and oxygen atoms in total. The second kappa shape index (κ2) is 9.76. The zero-order chi connectivity index (χ0) is 21.6. The molecular formula is C24H26N4O2S. The van der Waals surface area contributed by atoms with Crippen LogP contribution in [0.1, 0.15) is 16.7 Å². The molecule has 2 aromatic heterocycles. The van der Waals surface area contributed by atoms with Gasteiger partial charge in [0.1, 0.15) is 17.0 Å². The molecule has 0 aliphatic heterocycles. The van der Waals surface area contributed by atoms with E-state index in [1.807, 2.05) is 36.4 Å².